The van der Waals surface area contributed by atoms with Gasteiger partial charge in [-0.3, -0.25) is 14.9 Å². The van der Waals surface area contributed by atoms with Gasteiger partial charge in [0.25, 0.3) is 5.91 Å². The summed E-state index contributed by atoms with van der Waals surface area (Å²) in [7, 11) is 0. The Labute approximate surface area is 117 Å². The highest BCUT2D eigenvalue weighted by atomic mass is 16.4. The number of imide groups is 1. The molecule has 0 aromatic heterocycles. The quantitative estimate of drug-likeness (QED) is 0.405. The topological polar surface area (TPSA) is 107 Å². The van der Waals surface area contributed by atoms with Crippen LogP contribution >= 0.6 is 0 Å². The Balaban J connectivity index is 2.27. The fraction of sp³-hybridized carbons (Fsp3) is 0.769. The average molecular weight is 286 g/mol. The lowest BCUT2D eigenvalue weighted by Gasteiger charge is -2.21. The minimum absolute atomic E-state index is 0.0140. The number of urea groups is 1. The molecule has 20 heavy (non-hydrogen) atoms. The summed E-state index contributed by atoms with van der Waals surface area (Å²) in [4.78, 5) is 35.0. The van der Waals surface area contributed by atoms with E-state index in [0.717, 1.165) is 19.3 Å². The van der Waals surface area contributed by atoms with E-state index in [4.69, 9.17) is 10.2 Å². The van der Waals surface area contributed by atoms with Gasteiger partial charge in [-0.15, -0.1) is 0 Å². The van der Waals surface area contributed by atoms with Crippen molar-refractivity contribution in [3.05, 3.63) is 0 Å². The zero-order valence-corrected chi connectivity index (χ0v) is 11.5. The molecule has 114 valence electrons. The van der Waals surface area contributed by atoms with Crippen molar-refractivity contribution in [3.8, 4) is 0 Å². The average Bonchev–Trinajstić information content (AvgIpc) is 2.65. The molecular weight excluding hydrogens is 264 g/mol. The summed E-state index contributed by atoms with van der Waals surface area (Å²) < 4.78 is 0. The second-order valence-electron chi connectivity index (χ2n) is 4.93. The maximum atomic E-state index is 11.7. The Kier molecular flexibility index (Phi) is 7.00. The molecule has 1 heterocycles. The first kappa shape index (κ1) is 16.4. The lowest BCUT2D eigenvalue weighted by molar-refractivity contribution is -0.137. The fourth-order valence-electron chi connectivity index (χ4n) is 2.30. The first-order chi connectivity index (χ1) is 9.56. The van der Waals surface area contributed by atoms with Gasteiger partial charge in [0.1, 0.15) is 6.04 Å². The Bertz CT molecular complexity index is 359. The number of hydrogen-bond acceptors (Lipinski definition) is 4. The highest BCUT2D eigenvalue weighted by Gasteiger charge is 2.36. The number of carbonyl (C=O) groups excluding carboxylic acids is 2. The molecule has 1 fully saturated rings. The van der Waals surface area contributed by atoms with E-state index in [1.54, 1.807) is 0 Å². The molecule has 1 saturated heterocycles. The van der Waals surface area contributed by atoms with Gasteiger partial charge in [0.2, 0.25) is 0 Å². The summed E-state index contributed by atoms with van der Waals surface area (Å²) in [5.74, 6) is -1.07. The number of carboxylic acids is 1. The van der Waals surface area contributed by atoms with E-state index in [1.165, 1.54) is 4.90 Å². The van der Waals surface area contributed by atoms with Crippen molar-refractivity contribution >= 4 is 17.9 Å². The summed E-state index contributed by atoms with van der Waals surface area (Å²) in [6.45, 7) is 0.359. The van der Waals surface area contributed by atoms with Crippen LogP contribution in [0.4, 0.5) is 4.79 Å². The van der Waals surface area contributed by atoms with Crippen molar-refractivity contribution in [2.45, 2.75) is 51.0 Å². The molecule has 0 radical (unpaired) electrons. The van der Waals surface area contributed by atoms with Crippen LogP contribution < -0.4 is 5.32 Å². The summed E-state index contributed by atoms with van der Waals surface area (Å²) in [6.07, 6.45) is 4.28. The molecule has 0 aliphatic carbocycles. The molecule has 0 aromatic carbocycles. The molecule has 1 atom stereocenters. The van der Waals surface area contributed by atoms with E-state index >= 15 is 0 Å². The summed E-state index contributed by atoms with van der Waals surface area (Å²) in [5.41, 5.74) is 0. The van der Waals surface area contributed by atoms with Crippen LogP contribution in [0.1, 0.15) is 44.9 Å². The zero-order valence-electron chi connectivity index (χ0n) is 11.5. The lowest BCUT2D eigenvalue weighted by Crippen LogP contribution is -2.36. The minimum Gasteiger partial charge on any atom is -0.481 e. The molecule has 7 nitrogen and oxygen atoms in total. The predicted octanol–water partition coefficient (Wildman–Crippen LogP) is 0.714. The molecule has 0 aromatic rings. The van der Waals surface area contributed by atoms with Gasteiger partial charge in [0, 0.05) is 19.6 Å². The number of nitrogens with one attached hydrogen (secondary N) is 1. The minimum atomic E-state index is -0.791. The first-order valence-electron chi connectivity index (χ1n) is 7.00. The van der Waals surface area contributed by atoms with E-state index in [0.29, 0.717) is 25.8 Å². The molecule has 3 N–H and O–H groups in total. The summed E-state index contributed by atoms with van der Waals surface area (Å²) >= 11 is 0. The summed E-state index contributed by atoms with van der Waals surface area (Å²) in [6, 6.07) is -0.840. The number of carboxylic acid groups (broad SMARTS) is 1. The maximum absolute atomic E-state index is 11.7. The van der Waals surface area contributed by atoms with Gasteiger partial charge in [0.15, 0.2) is 0 Å². The SMILES string of the molecule is O=C(O)CCCCCCC1C(=O)NC(=O)N1CCCO. The van der Waals surface area contributed by atoms with Crippen LogP contribution in [0.5, 0.6) is 0 Å². The van der Waals surface area contributed by atoms with Gasteiger partial charge in [-0.1, -0.05) is 19.3 Å². The molecule has 7 heteroatoms. The van der Waals surface area contributed by atoms with E-state index < -0.39 is 12.0 Å². The van der Waals surface area contributed by atoms with Crippen LogP contribution in [0.15, 0.2) is 0 Å². The van der Waals surface area contributed by atoms with Crippen LogP contribution in [0.25, 0.3) is 0 Å². The third-order valence-electron chi connectivity index (χ3n) is 3.35. The normalized spacial score (nSPS) is 18.4. The van der Waals surface area contributed by atoms with Crippen molar-refractivity contribution < 1.29 is 24.6 Å². The van der Waals surface area contributed by atoms with Gasteiger partial charge >= 0.3 is 12.0 Å². The zero-order chi connectivity index (χ0) is 15.0. The second-order valence-corrected chi connectivity index (χ2v) is 4.93. The van der Waals surface area contributed by atoms with Gasteiger partial charge < -0.3 is 15.1 Å². The number of rotatable bonds is 10. The molecule has 0 saturated carbocycles. The molecule has 3 amide bonds. The molecule has 1 unspecified atom stereocenters. The van der Waals surface area contributed by atoms with Crippen LogP contribution in [0.3, 0.4) is 0 Å². The summed E-state index contributed by atoms with van der Waals surface area (Å²) in [5, 5.41) is 19.6. The highest BCUT2D eigenvalue weighted by molar-refractivity contribution is 6.04. The van der Waals surface area contributed by atoms with Crippen molar-refractivity contribution in [2.75, 3.05) is 13.2 Å². The molecule has 0 spiro atoms. The predicted molar refractivity (Wildman–Crippen MR) is 71.1 cm³/mol. The molecule has 0 bridgehead atoms. The smallest absolute Gasteiger partial charge is 0.324 e. The lowest BCUT2D eigenvalue weighted by atomic mass is 10.1. The second kappa shape index (κ2) is 8.52. The number of amides is 3. The standard InChI is InChI=1S/C13H22N2O5/c16-9-5-8-15-10(12(19)14-13(15)20)6-3-1-2-4-7-11(17)18/h10,16H,1-9H2,(H,17,18)(H,14,19,20). The van der Waals surface area contributed by atoms with Crippen LogP contribution in [0, 0.1) is 0 Å². The highest BCUT2D eigenvalue weighted by Crippen LogP contribution is 2.17. The van der Waals surface area contributed by atoms with Gasteiger partial charge in [0.05, 0.1) is 0 Å². The van der Waals surface area contributed by atoms with E-state index in [2.05, 4.69) is 5.32 Å². The van der Waals surface area contributed by atoms with Crippen LogP contribution in [0.2, 0.25) is 0 Å². The van der Waals surface area contributed by atoms with E-state index in [1.807, 2.05) is 0 Å². The largest absolute Gasteiger partial charge is 0.481 e. The Morgan fingerprint density at radius 3 is 2.50 bits per heavy atom. The van der Waals surface area contributed by atoms with Crippen molar-refractivity contribution in [1.29, 1.82) is 0 Å². The van der Waals surface area contributed by atoms with Crippen molar-refractivity contribution in [1.82, 2.24) is 10.2 Å². The fourth-order valence-corrected chi connectivity index (χ4v) is 2.30. The number of unbranched alkanes of at least 4 members (excludes halogenated alkanes) is 3. The molecular formula is C13H22N2O5. The number of aliphatic hydroxyl groups excluding tert-OH is 1. The maximum Gasteiger partial charge on any atom is 0.324 e. The Morgan fingerprint density at radius 1 is 1.15 bits per heavy atom. The van der Waals surface area contributed by atoms with Gasteiger partial charge in [-0.05, 0) is 19.3 Å². The molecule has 1 rings (SSSR count). The third kappa shape index (κ3) is 5.16. The number of hydrogen-bond donors (Lipinski definition) is 3. The molecule has 1 aliphatic rings. The molecule has 1 aliphatic heterocycles. The Morgan fingerprint density at radius 2 is 1.85 bits per heavy atom. The third-order valence-corrected chi connectivity index (χ3v) is 3.35. The van der Waals surface area contributed by atoms with E-state index in [-0.39, 0.29) is 25.0 Å². The number of carbonyl (C=O) groups is 3. The number of aliphatic carboxylic acids is 1. The Hall–Kier alpha value is -1.63. The van der Waals surface area contributed by atoms with Crippen LogP contribution in [-0.2, 0) is 9.59 Å². The van der Waals surface area contributed by atoms with E-state index in [9.17, 15) is 14.4 Å². The van der Waals surface area contributed by atoms with Crippen molar-refractivity contribution in [2.24, 2.45) is 0 Å². The number of nitrogens with zero attached hydrogens (tertiary/aromatic N) is 1. The number of aliphatic hydroxyl groups is 1. The van der Waals surface area contributed by atoms with Crippen LogP contribution in [-0.4, -0.2) is 52.2 Å². The van der Waals surface area contributed by atoms with Crippen molar-refractivity contribution in [3.63, 3.8) is 0 Å². The van der Waals surface area contributed by atoms with Gasteiger partial charge in [-0.25, -0.2) is 4.79 Å². The van der Waals surface area contributed by atoms with Gasteiger partial charge in [-0.2, -0.15) is 0 Å². The first-order valence-corrected chi connectivity index (χ1v) is 7.00. The monoisotopic (exact) mass is 286 g/mol.